The van der Waals surface area contributed by atoms with E-state index in [1.807, 2.05) is 0 Å². The van der Waals surface area contributed by atoms with Crippen molar-refractivity contribution in [1.82, 2.24) is 0 Å². The summed E-state index contributed by atoms with van der Waals surface area (Å²) in [4.78, 5) is 11.5. The highest BCUT2D eigenvalue weighted by Gasteiger charge is 2.51. The molecule has 0 radical (unpaired) electrons. The van der Waals surface area contributed by atoms with E-state index in [1.54, 1.807) is 0 Å². The van der Waals surface area contributed by atoms with E-state index < -0.39 is 5.97 Å². The van der Waals surface area contributed by atoms with Crippen LogP contribution in [0.2, 0.25) is 0 Å². The number of rotatable bonds is 19. The maximum Gasteiger partial charge on any atom is 0.309 e. The average molecular weight is 409 g/mol. The Morgan fingerprint density at radius 2 is 1.17 bits per heavy atom. The summed E-state index contributed by atoms with van der Waals surface area (Å²) in [5, 5.41) is 9.47. The molecular weight excluding hydrogens is 360 g/mol. The lowest BCUT2D eigenvalue weighted by molar-refractivity contribution is -0.150. The first kappa shape index (κ1) is 24.7. The summed E-state index contributed by atoms with van der Waals surface area (Å²) in [6, 6.07) is 0. The number of ether oxygens (including phenoxy) is 1. The Hall–Kier alpha value is -0.570. The molecule has 0 aromatic carbocycles. The fourth-order valence-electron chi connectivity index (χ4n) is 5.69. The van der Waals surface area contributed by atoms with Gasteiger partial charge in [0.2, 0.25) is 0 Å². The maximum atomic E-state index is 11.5. The molecule has 2 saturated carbocycles. The molecule has 2 bridgehead atoms. The Morgan fingerprint density at radius 3 is 1.66 bits per heavy atom. The van der Waals surface area contributed by atoms with Crippen molar-refractivity contribution in [2.45, 2.75) is 135 Å². The monoisotopic (exact) mass is 408 g/mol. The Labute approximate surface area is 180 Å². The molecule has 0 aliphatic heterocycles. The van der Waals surface area contributed by atoms with Crippen molar-refractivity contribution in [3.8, 4) is 0 Å². The lowest BCUT2D eigenvalue weighted by atomic mass is 9.86. The zero-order valence-corrected chi connectivity index (χ0v) is 19.2. The lowest BCUT2D eigenvalue weighted by Gasteiger charge is -2.28. The van der Waals surface area contributed by atoms with Crippen molar-refractivity contribution in [2.75, 3.05) is 6.61 Å². The van der Waals surface area contributed by atoms with Crippen molar-refractivity contribution >= 4 is 5.97 Å². The molecule has 0 saturated heterocycles. The van der Waals surface area contributed by atoms with Crippen LogP contribution in [0.3, 0.4) is 0 Å². The number of carboxylic acids is 1. The Morgan fingerprint density at radius 1 is 0.724 bits per heavy atom. The minimum absolute atomic E-state index is 0.00240. The van der Waals surface area contributed by atoms with Crippen LogP contribution in [-0.2, 0) is 9.53 Å². The van der Waals surface area contributed by atoms with Gasteiger partial charge in [0.05, 0.1) is 12.0 Å². The zero-order chi connectivity index (χ0) is 20.7. The van der Waals surface area contributed by atoms with Crippen LogP contribution in [0, 0.1) is 17.8 Å². The molecule has 0 aromatic heterocycles. The second kappa shape index (κ2) is 15.3. The molecule has 29 heavy (non-hydrogen) atoms. The smallest absolute Gasteiger partial charge is 0.309 e. The number of hydrogen-bond donors (Lipinski definition) is 1. The normalized spacial score (nSPS) is 25.7. The second-order valence-corrected chi connectivity index (χ2v) is 9.84. The van der Waals surface area contributed by atoms with Crippen LogP contribution in [-0.4, -0.2) is 23.8 Å². The SMILES string of the molecule is CCCCCCCCCCCCCCCCCCOC1C2CCC(C2)C1C(=O)O. The summed E-state index contributed by atoms with van der Waals surface area (Å²) in [5.41, 5.74) is 0. The van der Waals surface area contributed by atoms with Gasteiger partial charge >= 0.3 is 5.97 Å². The van der Waals surface area contributed by atoms with Crippen molar-refractivity contribution in [3.63, 3.8) is 0 Å². The van der Waals surface area contributed by atoms with Crippen LogP contribution < -0.4 is 0 Å². The first-order valence-electron chi connectivity index (χ1n) is 13.1. The second-order valence-electron chi connectivity index (χ2n) is 9.84. The third-order valence-electron chi connectivity index (χ3n) is 7.43. The van der Waals surface area contributed by atoms with Crippen LogP contribution in [0.25, 0.3) is 0 Å². The van der Waals surface area contributed by atoms with Gasteiger partial charge in [-0.25, -0.2) is 0 Å². The number of carboxylic acid groups (broad SMARTS) is 1. The molecule has 0 amide bonds. The van der Waals surface area contributed by atoms with Gasteiger partial charge in [0.1, 0.15) is 0 Å². The van der Waals surface area contributed by atoms with E-state index in [-0.39, 0.29) is 12.0 Å². The Kier molecular flexibility index (Phi) is 13.0. The molecule has 2 rings (SSSR count). The standard InChI is InChI=1S/C26H48O3/c1-2-3-4-5-6-7-8-9-10-11-12-13-14-15-16-17-20-29-25-23-19-18-22(21-23)24(25)26(27)28/h22-25H,2-21H2,1H3,(H,27,28). The summed E-state index contributed by atoms with van der Waals surface area (Å²) in [6.07, 6.45) is 25.4. The molecule has 3 nitrogen and oxygen atoms in total. The van der Waals surface area contributed by atoms with Crippen molar-refractivity contribution in [3.05, 3.63) is 0 Å². The molecule has 0 heterocycles. The summed E-state index contributed by atoms with van der Waals surface area (Å²) >= 11 is 0. The molecule has 2 aliphatic rings. The lowest BCUT2D eigenvalue weighted by Crippen LogP contribution is -2.36. The van der Waals surface area contributed by atoms with Crippen LogP contribution in [0.4, 0.5) is 0 Å². The summed E-state index contributed by atoms with van der Waals surface area (Å²) < 4.78 is 6.05. The van der Waals surface area contributed by atoms with E-state index in [2.05, 4.69) is 6.92 Å². The first-order chi connectivity index (χ1) is 14.2. The minimum Gasteiger partial charge on any atom is -0.481 e. The molecule has 0 spiro atoms. The molecule has 2 aliphatic carbocycles. The molecule has 4 atom stereocenters. The van der Waals surface area contributed by atoms with Crippen molar-refractivity contribution in [2.24, 2.45) is 17.8 Å². The molecule has 170 valence electrons. The zero-order valence-electron chi connectivity index (χ0n) is 19.2. The number of unbranched alkanes of at least 4 members (excludes halogenated alkanes) is 15. The average Bonchev–Trinajstić information content (AvgIpc) is 3.32. The van der Waals surface area contributed by atoms with Crippen LogP contribution in [0.5, 0.6) is 0 Å². The fraction of sp³-hybridized carbons (Fsp3) is 0.962. The van der Waals surface area contributed by atoms with Gasteiger partial charge in [-0.05, 0) is 37.5 Å². The van der Waals surface area contributed by atoms with Gasteiger partial charge < -0.3 is 9.84 Å². The minimum atomic E-state index is -0.630. The molecule has 0 aromatic rings. The predicted octanol–water partition coefficient (Wildman–Crippen LogP) is 7.76. The van der Waals surface area contributed by atoms with E-state index in [4.69, 9.17) is 4.74 Å². The van der Waals surface area contributed by atoms with Crippen LogP contribution in [0.15, 0.2) is 0 Å². The highest BCUT2D eigenvalue weighted by Crippen LogP contribution is 2.50. The van der Waals surface area contributed by atoms with Gasteiger partial charge in [-0.3, -0.25) is 4.79 Å². The van der Waals surface area contributed by atoms with Crippen molar-refractivity contribution in [1.29, 1.82) is 0 Å². The maximum absolute atomic E-state index is 11.5. The fourth-order valence-corrected chi connectivity index (χ4v) is 5.69. The van der Waals surface area contributed by atoms with Crippen LogP contribution >= 0.6 is 0 Å². The topological polar surface area (TPSA) is 46.5 Å². The van der Waals surface area contributed by atoms with E-state index in [0.717, 1.165) is 25.9 Å². The van der Waals surface area contributed by atoms with E-state index in [0.29, 0.717) is 11.8 Å². The summed E-state index contributed by atoms with van der Waals surface area (Å²) in [5.74, 6) is 0.0411. The Bertz CT molecular complexity index is 422. The highest BCUT2D eigenvalue weighted by molar-refractivity contribution is 5.72. The number of hydrogen-bond acceptors (Lipinski definition) is 2. The third-order valence-corrected chi connectivity index (χ3v) is 7.43. The number of carbonyl (C=O) groups is 1. The third kappa shape index (κ3) is 9.40. The highest BCUT2D eigenvalue weighted by atomic mass is 16.5. The van der Waals surface area contributed by atoms with E-state index in [1.165, 1.54) is 103 Å². The van der Waals surface area contributed by atoms with Gasteiger partial charge in [-0.1, -0.05) is 103 Å². The molecule has 1 N–H and O–H groups in total. The summed E-state index contributed by atoms with van der Waals surface area (Å²) in [6.45, 7) is 3.04. The van der Waals surface area contributed by atoms with Gasteiger partial charge in [-0.15, -0.1) is 0 Å². The molecule has 2 fully saturated rings. The van der Waals surface area contributed by atoms with Crippen LogP contribution in [0.1, 0.15) is 129 Å². The van der Waals surface area contributed by atoms with Crippen molar-refractivity contribution < 1.29 is 14.6 Å². The van der Waals surface area contributed by atoms with Gasteiger partial charge in [0, 0.05) is 6.61 Å². The number of aliphatic carboxylic acids is 1. The Balaban J connectivity index is 1.31. The molecule has 4 unspecified atom stereocenters. The first-order valence-corrected chi connectivity index (χ1v) is 13.1. The number of fused-ring (bicyclic) bond motifs is 2. The van der Waals surface area contributed by atoms with E-state index >= 15 is 0 Å². The van der Waals surface area contributed by atoms with Gasteiger partial charge in [0.25, 0.3) is 0 Å². The summed E-state index contributed by atoms with van der Waals surface area (Å²) in [7, 11) is 0. The largest absolute Gasteiger partial charge is 0.481 e. The molecular formula is C26H48O3. The quantitative estimate of drug-likeness (QED) is 0.222. The van der Waals surface area contributed by atoms with Gasteiger partial charge in [-0.2, -0.15) is 0 Å². The molecule has 3 heteroatoms. The van der Waals surface area contributed by atoms with Gasteiger partial charge in [0.15, 0.2) is 0 Å². The predicted molar refractivity (Wildman–Crippen MR) is 121 cm³/mol. The van der Waals surface area contributed by atoms with E-state index in [9.17, 15) is 9.90 Å².